The van der Waals surface area contributed by atoms with Gasteiger partial charge in [0.15, 0.2) is 0 Å². The minimum Gasteiger partial charge on any atom is -0.465 e. The molecule has 3 aliphatic heterocycles. The van der Waals surface area contributed by atoms with E-state index >= 15 is 0 Å². The second-order valence-corrected chi connectivity index (χ2v) is 12.0. The number of carbonyl (C=O) groups excluding carboxylic acids is 3. The van der Waals surface area contributed by atoms with Crippen LogP contribution in [-0.4, -0.2) is 86.4 Å². The van der Waals surface area contributed by atoms with E-state index in [-0.39, 0.29) is 41.1 Å². The Morgan fingerprint density at radius 3 is 2.74 bits per heavy atom. The molecular formula is C25H37BrN2O5S. The molecule has 0 aromatic carbocycles. The van der Waals surface area contributed by atoms with E-state index in [1.165, 1.54) is 0 Å². The molecule has 6 atom stereocenters. The maximum Gasteiger partial charge on any atom is 0.310 e. The van der Waals surface area contributed by atoms with Gasteiger partial charge in [-0.15, -0.1) is 24.9 Å². The smallest absolute Gasteiger partial charge is 0.310 e. The van der Waals surface area contributed by atoms with Gasteiger partial charge in [-0.1, -0.05) is 41.4 Å². The number of aliphatic hydroxyl groups is 1. The van der Waals surface area contributed by atoms with Gasteiger partial charge in [-0.2, -0.15) is 0 Å². The molecule has 190 valence electrons. The number of fused-ring (bicyclic) bond motifs is 1. The van der Waals surface area contributed by atoms with Gasteiger partial charge in [-0.25, -0.2) is 0 Å². The van der Waals surface area contributed by atoms with Crippen molar-refractivity contribution in [3.8, 4) is 0 Å². The number of thioether (sulfide) groups is 1. The molecule has 0 radical (unpaired) electrons. The fourth-order valence-corrected chi connectivity index (χ4v) is 9.22. The predicted molar refractivity (Wildman–Crippen MR) is 138 cm³/mol. The van der Waals surface area contributed by atoms with Gasteiger partial charge in [0.2, 0.25) is 11.8 Å². The second kappa shape index (κ2) is 12.1. The molecule has 3 saturated heterocycles. The molecule has 9 heteroatoms. The third-order valence-electron chi connectivity index (χ3n) is 7.11. The molecule has 0 aromatic heterocycles. The highest BCUT2D eigenvalue weighted by Gasteiger charge is 2.76. The Kier molecular flexibility index (Phi) is 9.69. The topological polar surface area (TPSA) is 87.2 Å². The summed E-state index contributed by atoms with van der Waals surface area (Å²) in [5, 5.41) is 9.18. The van der Waals surface area contributed by atoms with Crippen LogP contribution in [0.1, 0.15) is 45.4 Å². The van der Waals surface area contributed by atoms with E-state index in [4.69, 9.17) is 4.74 Å². The van der Waals surface area contributed by atoms with Crippen LogP contribution in [0.4, 0.5) is 0 Å². The lowest BCUT2D eigenvalue weighted by Crippen LogP contribution is -2.55. The van der Waals surface area contributed by atoms with E-state index in [2.05, 4.69) is 36.0 Å². The van der Waals surface area contributed by atoms with E-state index in [0.717, 1.165) is 12.8 Å². The van der Waals surface area contributed by atoms with Gasteiger partial charge in [0.25, 0.3) is 0 Å². The first-order chi connectivity index (χ1) is 16.4. The molecule has 0 aliphatic carbocycles. The van der Waals surface area contributed by atoms with Gasteiger partial charge in [0, 0.05) is 36.3 Å². The lowest BCUT2D eigenvalue weighted by molar-refractivity contribution is -0.154. The summed E-state index contributed by atoms with van der Waals surface area (Å²) in [5.74, 6) is -1.72. The zero-order chi connectivity index (χ0) is 24.9. The fraction of sp³-hybridized carbons (Fsp3) is 0.720. The largest absolute Gasteiger partial charge is 0.465 e. The van der Waals surface area contributed by atoms with Crippen molar-refractivity contribution in [1.82, 2.24) is 9.80 Å². The van der Waals surface area contributed by atoms with E-state index in [1.807, 2.05) is 0 Å². The van der Waals surface area contributed by atoms with Gasteiger partial charge >= 0.3 is 5.97 Å². The molecule has 34 heavy (non-hydrogen) atoms. The fourth-order valence-electron chi connectivity index (χ4n) is 5.62. The summed E-state index contributed by atoms with van der Waals surface area (Å²) in [4.78, 5) is 44.6. The first-order valence-corrected chi connectivity index (χ1v) is 14.1. The van der Waals surface area contributed by atoms with E-state index < -0.39 is 22.6 Å². The third-order valence-corrected chi connectivity index (χ3v) is 10.3. The summed E-state index contributed by atoms with van der Waals surface area (Å²) in [6, 6.07) is -0.637. The van der Waals surface area contributed by atoms with Crippen LogP contribution in [0.2, 0.25) is 0 Å². The molecule has 3 aliphatic rings. The Labute approximate surface area is 215 Å². The Morgan fingerprint density at radius 1 is 1.32 bits per heavy atom. The van der Waals surface area contributed by atoms with Crippen molar-refractivity contribution >= 4 is 45.5 Å². The maximum atomic E-state index is 14.0. The number of unbranched alkanes of at least 4 members (excludes halogenated alkanes) is 2. The quantitative estimate of drug-likeness (QED) is 0.153. The summed E-state index contributed by atoms with van der Waals surface area (Å²) < 4.78 is 4.87. The molecule has 0 saturated carbocycles. The standard InChI is InChI=1S/C25H37BrN2O5S/c1-4-7-12-27(11-6-3)23(31)21-25-16-17(26)20(34-25)18(24(32)33-15-8-5-2)19(25)22(30)28(21)13-9-10-14-29/h5-6,17-21,29H,2-4,7-16H2,1H3/t17?,18-,19+,20-,21?,25?/m1/s1. The highest BCUT2D eigenvalue weighted by atomic mass is 79.9. The van der Waals surface area contributed by atoms with Gasteiger partial charge < -0.3 is 19.6 Å². The van der Waals surface area contributed by atoms with Crippen molar-refractivity contribution in [2.75, 3.05) is 32.8 Å². The number of carbonyl (C=O) groups is 3. The van der Waals surface area contributed by atoms with E-state index in [9.17, 15) is 19.5 Å². The van der Waals surface area contributed by atoms with Crippen molar-refractivity contribution in [2.24, 2.45) is 11.8 Å². The van der Waals surface area contributed by atoms with E-state index in [1.54, 1.807) is 33.7 Å². The molecule has 1 spiro atoms. The molecule has 3 heterocycles. The number of rotatable bonds is 14. The van der Waals surface area contributed by atoms with Crippen molar-refractivity contribution in [1.29, 1.82) is 0 Å². The molecule has 2 amide bonds. The van der Waals surface area contributed by atoms with Crippen LogP contribution in [0.25, 0.3) is 0 Å². The molecule has 0 aromatic rings. The summed E-state index contributed by atoms with van der Waals surface area (Å²) in [7, 11) is 0. The average Bonchev–Trinajstić information content (AvgIpc) is 3.40. The van der Waals surface area contributed by atoms with Gasteiger partial charge in [-0.3, -0.25) is 14.4 Å². The zero-order valence-electron chi connectivity index (χ0n) is 20.0. The summed E-state index contributed by atoms with van der Waals surface area (Å²) in [5.41, 5.74) is 0. The van der Waals surface area contributed by atoms with Crippen LogP contribution in [0.15, 0.2) is 25.3 Å². The predicted octanol–water partition coefficient (Wildman–Crippen LogP) is 3.16. The highest BCUT2D eigenvalue weighted by molar-refractivity contribution is 9.09. The van der Waals surface area contributed by atoms with Crippen LogP contribution in [0, 0.1) is 11.8 Å². The number of nitrogens with zero attached hydrogens (tertiary/aromatic N) is 2. The molecular weight excluding hydrogens is 520 g/mol. The molecule has 7 nitrogen and oxygen atoms in total. The number of hydrogen-bond acceptors (Lipinski definition) is 6. The normalized spacial score (nSPS) is 31.4. The Bertz CT molecular complexity index is 795. The minimum atomic E-state index is -0.667. The summed E-state index contributed by atoms with van der Waals surface area (Å²) >= 11 is 5.38. The SMILES string of the molecule is C=CCCOC(=O)[C@H]1[C@@H]2SC3(CC2Br)C(C(=O)N(CC=C)CCCC)N(CCCCO)C(=O)[C@H]13. The number of aliphatic hydroxyl groups excluding tert-OH is 1. The number of alkyl halides is 1. The Hall–Kier alpha value is -1.32. The van der Waals surface area contributed by atoms with Crippen molar-refractivity contribution < 1.29 is 24.2 Å². The Morgan fingerprint density at radius 2 is 2.09 bits per heavy atom. The lowest BCUT2D eigenvalue weighted by atomic mass is 9.71. The summed E-state index contributed by atoms with van der Waals surface area (Å²) in [6.45, 7) is 11.3. The number of amides is 2. The third kappa shape index (κ3) is 4.98. The molecule has 2 bridgehead atoms. The summed E-state index contributed by atoms with van der Waals surface area (Å²) in [6.07, 6.45) is 7.61. The van der Waals surface area contributed by atoms with Crippen LogP contribution in [0.3, 0.4) is 0 Å². The van der Waals surface area contributed by atoms with Crippen LogP contribution < -0.4 is 0 Å². The number of esters is 1. The number of halogens is 1. The number of hydrogen-bond donors (Lipinski definition) is 1. The molecule has 3 unspecified atom stereocenters. The molecule has 1 N–H and O–H groups in total. The van der Waals surface area contributed by atoms with Crippen LogP contribution >= 0.6 is 27.7 Å². The van der Waals surface area contributed by atoms with Crippen molar-refractivity contribution in [3.63, 3.8) is 0 Å². The van der Waals surface area contributed by atoms with Gasteiger partial charge in [-0.05, 0) is 32.1 Å². The van der Waals surface area contributed by atoms with Crippen molar-refractivity contribution in [3.05, 3.63) is 25.3 Å². The number of ether oxygens (including phenoxy) is 1. The first kappa shape index (κ1) is 27.3. The van der Waals surface area contributed by atoms with Gasteiger partial charge in [0.1, 0.15) is 6.04 Å². The van der Waals surface area contributed by atoms with E-state index in [0.29, 0.717) is 45.3 Å². The zero-order valence-corrected chi connectivity index (χ0v) is 22.4. The lowest BCUT2D eigenvalue weighted by Gasteiger charge is -2.37. The van der Waals surface area contributed by atoms with Gasteiger partial charge in [0.05, 0.1) is 23.2 Å². The minimum absolute atomic E-state index is 0.0229. The Balaban J connectivity index is 1.97. The molecule has 3 fully saturated rings. The van der Waals surface area contributed by atoms with Crippen molar-refractivity contribution in [2.45, 2.75) is 66.3 Å². The van der Waals surface area contributed by atoms with Crippen LogP contribution in [0.5, 0.6) is 0 Å². The highest BCUT2D eigenvalue weighted by Crippen LogP contribution is 2.68. The second-order valence-electron chi connectivity index (χ2n) is 9.30. The monoisotopic (exact) mass is 556 g/mol. The number of likely N-dealkylation sites (tertiary alicyclic amines) is 1. The molecule has 3 rings (SSSR count). The maximum absolute atomic E-state index is 14.0. The first-order valence-electron chi connectivity index (χ1n) is 12.3. The van der Waals surface area contributed by atoms with Crippen LogP contribution in [-0.2, 0) is 19.1 Å². The average molecular weight is 558 g/mol.